The van der Waals surface area contributed by atoms with E-state index < -0.39 is 0 Å². The minimum absolute atomic E-state index is 0.111. The highest BCUT2D eigenvalue weighted by Gasteiger charge is 2.24. The number of anilines is 2. The van der Waals surface area contributed by atoms with Gasteiger partial charge < -0.3 is 29.6 Å². The summed E-state index contributed by atoms with van der Waals surface area (Å²) in [5.41, 5.74) is 7.35. The van der Waals surface area contributed by atoms with Crippen molar-refractivity contribution >= 4 is 11.4 Å². The van der Waals surface area contributed by atoms with Crippen LogP contribution in [0.15, 0.2) is 83.7 Å². The van der Waals surface area contributed by atoms with Crippen molar-refractivity contribution in [2.75, 3.05) is 56.2 Å². The van der Waals surface area contributed by atoms with Crippen molar-refractivity contribution in [1.29, 1.82) is 0 Å². The maximum absolute atomic E-state index is 12.7. The number of hydrogen-bond acceptors (Lipinski definition) is 6. The van der Waals surface area contributed by atoms with E-state index in [-0.39, 0.29) is 5.56 Å². The van der Waals surface area contributed by atoms with Gasteiger partial charge in [-0.25, -0.2) is 0 Å². The Morgan fingerprint density at radius 3 is 2.67 bits per heavy atom. The van der Waals surface area contributed by atoms with Crippen LogP contribution >= 0.6 is 0 Å². The first kappa shape index (κ1) is 26.8. The van der Waals surface area contributed by atoms with Crippen LogP contribution in [-0.2, 0) is 17.6 Å². The largest absolute Gasteiger partial charge is 0.456 e. The summed E-state index contributed by atoms with van der Waals surface area (Å²) in [6, 6.07) is 27.6. The van der Waals surface area contributed by atoms with E-state index in [2.05, 4.69) is 86.8 Å². The van der Waals surface area contributed by atoms with Crippen molar-refractivity contribution < 1.29 is 9.47 Å². The number of piperidine rings is 1. The van der Waals surface area contributed by atoms with Crippen molar-refractivity contribution in [3.05, 3.63) is 106 Å². The van der Waals surface area contributed by atoms with E-state index in [0.29, 0.717) is 19.3 Å². The number of para-hydroxylation sites is 1. The molecule has 3 aromatic carbocycles. The molecule has 0 spiro atoms. The Kier molecular flexibility index (Phi) is 7.68. The van der Waals surface area contributed by atoms with Gasteiger partial charge in [0.15, 0.2) is 0 Å². The molecule has 3 aliphatic heterocycles. The van der Waals surface area contributed by atoms with E-state index >= 15 is 0 Å². The van der Waals surface area contributed by atoms with Crippen LogP contribution in [-0.4, -0.2) is 61.9 Å². The van der Waals surface area contributed by atoms with Crippen LogP contribution in [0.4, 0.5) is 11.4 Å². The molecule has 3 aliphatic rings. The third-order valence-corrected chi connectivity index (χ3v) is 8.68. The summed E-state index contributed by atoms with van der Waals surface area (Å²) in [6.45, 7) is 6.24. The number of likely N-dealkylation sites (tertiary alicyclic amines) is 1. The summed E-state index contributed by atoms with van der Waals surface area (Å²) in [7, 11) is 0. The van der Waals surface area contributed by atoms with Gasteiger partial charge in [0.1, 0.15) is 11.5 Å². The molecule has 1 unspecified atom stereocenters. The van der Waals surface area contributed by atoms with Gasteiger partial charge in [-0.05, 0) is 67.3 Å². The molecule has 0 saturated carbocycles. The molecule has 1 atom stereocenters. The quantitative estimate of drug-likeness (QED) is 0.266. The molecule has 0 bridgehead atoms. The van der Waals surface area contributed by atoms with Crippen LogP contribution in [0.1, 0.15) is 29.5 Å². The van der Waals surface area contributed by atoms with Crippen molar-refractivity contribution in [2.45, 2.75) is 31.7 Å². The molecule has 0 amide bonds. The lowest BCUT2D eigenvalue weighted by atomic mass is 9.96. The van der Waals surface area contributed by atoms with E-state index in [0.717, 1.165) is 78.7 Å². The van der Waals surface area contributed by atoms with E-state index in [1.165, 1.54) is 30.5 Å². The van der Waals surface area contributed by atoms with Crippen LogP contribution in [0.25, 0.3) is 11.3 Å². The van der Waals surface area contributed by atoms with Gasteiger partial charge in [0, 0.05) is 67.2 Å². The van der Waals surface area contributed by atoms with Crippen molar-refractivity contribution in [2.24, 2.45) is 0 Å². The molecule has 7 nitrogen and oxygen atoms in total. The molecule has 7 rings (SSSR count). The fourth-order valence-corrected chi connectivity index (χ4v) is 6.50. The molecule has 4 aromatic rings. The van der Waals surface area contributed by atoms with E-state index in [9.17, 15) is 4.79 Å². The predicted molar refractivity (Wildman–Crippen MR) is 168 cm³/mol. The number of fused-ring (bicyclic) bond motifs is 2. The normalized spacial score (nSPS) is 18.6. The summed E-state index contributed by atoms with van der Waals surface area (Å²) in [5, 5.41) is 3.81. The van der Waals surface area contributed by atoms with Gasteiger partial charge in [-0.1, -0.05) is 42.5 Å². The lowest BCUT2D eigenvalue weighted by molar-refractivity contribution is 0.122. The Morgan fingerprint density at radius 1 is 0.905 bits per heavy atom. The van der Waals surface area contributed by atoms with Crippen molar-refractivity contribution in [3.63, 3.8) is 0 Å². The van der Waals surface area contributed by atoms with Crippen LogP contribution in [0.2, 0.25) is 0 Å². The van der Waals surface area contributed by atoms with Gasteiger partial charge in [-0.2, -0.15) is 0 Å². The van der Waals surface area contributed by atoms with Crippen LogP contribution in [0.3, 0.4) is 0 Å². The highest BCUT2D eigenvalue weighted by atomic mass is 16.5. The van der Waals surface area contributed by atoms with E-state index in [1.807, 2.05) is 6.07 Å². The molecule has 7 heteroatoms. The van der Waals surface area contributed by atoms with Gasteiger partial charge in [0.2, 0.25) is 5.56 Å². The molecular formula is C35H38N4O3. The summed E-state index contributed by atoms with van der Waals surface area (Å²) in [4.78, 5) is 20.5. The summed E-state index contributed by atoms with van der Waals surface area (Å²) >= 11 is 0. The third kappa shape index (κ3) is 5.94. The lowest BCUT2D eigenvalue weighted by Gasteiger charge is -2.34. The molecular weight excluding hydrogens is 524 g/mol. The highest BCUT2D eigenvalue weighted by molar-refractivity contribution is 5.74. The van der Waals surface area contributed by atoms with Gasteiger partial charge in [-0.3, -0.25) is 4.79 Å². The molecule has 2 saturated heterocycles. The first-order valence-corrected chi connectivity index (χ1v) is 15.2. The molecule has 0 aliphatic carbocycles. The fraction of sp³-hybridized carbons (Fsp3) is 0.343. The zero-order valence-electron chi connectivity index (χ0n) is 24.0. The summed E-state index contributed by atoms with van der Waals surface area (Å²) in [6.07, 6.45) is 4.28. The molecule has 0 radical (unpaired) electrons. The van der Waals surface area contributed by atoms with Gasteiger partial charge in [0.05, 0.1) is 18.9 Å². The van der Waals surface area contributed by atoms with Crippen molar-refractivity contribution in [1.82, 2.24) is 9.88 Å². The smallest absolute Gasteiger partial charge is 0.250 e. The standard InChI is InChI=1S/C35H38N4O3/c40-34-23-30(39-16-18-41-19-17-39)22-32(37-34)31-10-4-8-26-20-27-21-28(11-12-33(27)42-35(26)31)36-29-9-5-14-38(24-29)15-13-25-6-2-1-3-7-25/h1-4,6-8,10-12,21-23,29,36H,5,9,13-20,24H2,(H,37,40). The minimum Gasteiger partial charge on any atom is -0.456 e. The number of morpholine rings is 1. The highest BCUT2D eigenvalue weighted by Crippen LogP contribution is 2.43. The molecule has 2 N–H and O–H groups in total. The number of ether oxygens (including phenoxy) is 2. The van der Waals surface area contributed by atoms with Gasteiger partial charge >= 0.3 is 0 Å². The van der Waals surface area contributed by atoms with Crippen molar-refractivity contribution in [3.8, 4) is 22.8 Å². The van der Waals surface area contributed by atoms with E-state index in [4.69, 9.17) is 9.47 Å². The second-order valence-corrected chi connectivity index (χ2v) is 11.6. The summed E-state index contributed by atoms with van der Waals surface area (Å²) < 4.78 is 12.0. The number of rotatable bonds is 7. The molecule has 2 fully saturated rings. The number of H-pyrrole nitrogens is 1. The Morgan fingerprint density at radius 2 is 1.79 bits per heavy atom. The topological polar surface area (TPSA) is 69.8 Å². The molecule has 4 heterocycles. The lowest BCUT2D eigenvalue weighted by Crippen LogP contribution is -2.42. The van der Waals surface area contributed by atoms with Crippen LogP contribution in [0, 0.1) is 0 Å². The average Bonchev–Trinajstić information content (AvgIpc) is 3.03. The van der Waals surface area contributed by atoms with Crippen LogP contribution < -0.4 is 20.5 Å². The number of hydrogen-bond donors (Lipinski definition) is 2. The molecule has 42 heavy (non-hydrogen) atoms. The first-order valence-electron chi connectivity index (χ1n) is 15.2. The number of aromatic nitrogens is 1. The monoisotopic (exact) mass is 562 g/mol. The number of aromatic amines is 1. The SMILES string of the molecule is O=c1cc(N2CCOCC2)cc(-c2cccc3c2Oc2ccc(NC4CCCN(CCc5ccccc5)C4)cc2C3)[nH]1. The molecule has 1 aromatic heterocycles. The third-order valence-electron chi connectivity index (χ3n) is 8.68. The second-order valence-electron chi connectivity index (χ2n) is 11.6. The number of nitrogens with one attached hydrogen (secondary N) is 2. The van der Waals surface area contributed by atoms with Gasteiger partial charge in [-0.15, -0.1) is 0 Å². The summed E-state index contributed by atoms with van der Waals surface area (Å²) in [5.74, 6) is 1.70. The fourth-order valence-electron chi connectivity index (χ4n) is 6.50. The Labute approximate surface area is 247 Å². The zero-order chi connectivity index (χ0) is 28.3. The average molecular weight is 563 g/mol. The number of nitrogens with zero attached hydrogens (tertiary/aromatic N) is 2. The maximum Gasteiger partial charge on any atom is 0.250 e. The predicted octanol–water partition coefficient (Wildman–Crippen LogP) is 5.69. The second kappa shape index (κ2) is 12.0. The Balaban J connectivity index is 1.05. The van der Waals surface area contributed by atoms with E-state index in [1.54, 1.807) is 6.07 Å². The van der Waals surface area contributed by atoms with Crippen LogP contribution in [0.5, 0.6) is 11.5 Å². The first-order chi connectivity index (χ1) is 20.7. The minimum atomic E-state index is -0.111. The zero-order valence-corrected chi connectivity index (χ0v) is 24.0. The Bertz CT molecular complexity index is 1600. The number of pyridine rings is 1. The molecule has 216 valence electrons. The van der Waals surface area contributed by atoms with Gasteiger partial charge in [0.25, 0.3) is 0 Å². The number of benzene rings is 3. The Hall–Kier alpha value is -4.07. The maximum atomic E-state index is 12.7.